The maximum absolute atomic E-state index is 13.3. The highest BCUT2D eigenvalue weighted by atomic mass is 32.1. The van der Waals surface area contributed by atoms with E-state index in [0.717, 1.165) is 52.2 Å². The van der Waals surface area contributed by atoms with E-state index in [1.807, 2.05) is 29.6 Å². The number of hydrogen-bond acceptors (Lipinski definition) is 5. The molecule has 0 unspecified atom stereocenters. The summed E-state index contributed by atoms with van der Waals surface area (Å²) >= 11 is 1.55. The van der Waals surface area contributed by atoms with Crippen LogP contribution in [0.2, 0.25) is 0 Å². The van der Waals surface area contributed by atoms with Gasteiger partial charge in [0.05, 0.1) is 5.39 Å². The Morgan fingerprint density at radius 2 is 1.83 bits per heavy atom. The summed E-state index contributed by atoms with van der Waals surface area (Å²) < 4.78 is 13.3. The van der Waals surface area contributed by atoms with Crippen LogP contribution in [0.15, 0.2) is 60.2 Å². The monoisotopic (exact) mass is 420 g/mol. The van der Waals surface area contributed by atoms with Gasteiger partial charge in [-0.05, 0) is 48.2 Å². The molecule has 0 saturated carbocycles. The van der Waals surface area contributed by atoms with E-state index in [-0.39, 0.29) is 11.7 Å². The number of rotatable bonds is 7. The lowest BCUT2D eigenvalue weighted by Gasteiger charge is -2.09. The third-order valence-corrected chi connectivity index (χ3v) is 5.62. The molecule has 5 nitrogen and oxygen atoms in total. The fraction of sp³-hybridized carbons (Fsp3) is 0.174. The summed E-state index contributed by atoms with van der Waals surface area (Å²) in [5.74, 6) is 0.469. The zero-order valence-electron chi connectivity index (χ0n) is 16.5. The number of aryl methyl sites for hydroxylation is 1. The molecule has 0 aliphatic heterocycles. The maximum Gasteiger partial charge on any atom is 0.221 e. The molecule has 30 heavy (non-hydrogen) atoms. The van der Waals surface area contributed by atoms with Crippen molar-refractivity contribution in [3.05, 3.63) is 71.6 Å². The number of halogens is 1. The molecule has 0 aliphatic carbocycles. The van der Waals surface area contributed by atoms with Gasteiger partial charge in [0.1, 0.15) is 22.8 Å². The number of nitrogens with one attached hydrogen (secondary N) is 2. The van der Waals surface area contributed by atoms with Crippen LogP contribution >= 0.6 is 11.3 Å². The van der Waals surface area contributed by atoms with Crippen LogP contribution in [0.25, 0.3) is 21.3 Å². The summed E-state index contributed by atoms with van der Waals surface area (Å²) in [6, 6.07) is 14.4. The molecule has 2 N–H and O–H groups in total. The number of nitrogens with zero attached hydrogens (tertiary/aromatic N) is 2. The largest absolute Gasteiger partial charge is 0.369 e. The zero-order valence-corrected chi connectivity index (χ0v) is 17.3. The molecule has 0 bridgehead atoms. The van der Waals surface area contributed by atoms with E-state index in [1.165, 1.54) is 24.6 Å². The van der Waals surface area contributed by atoms with Crippen molar-refractivity contribution in [2.24, 2.45) is 0 Å². The summed E-state index contributed by atoms with van der Waals surface area (Å²) in [4.78, 5) is 20.8. The van der Waals surface area contributed by atoms with Crippen molar-refractivity contribution in [2.75, 3.05) is 17.2 Å². The fourth-order valence-electron chi connectivity index (χ4n) is 3.31. The van der Waals surface area contributed by atoms with Crippen molar-refractivity contribution >= 4 is 39.0 Å². The molecule has 0 radical (unpaired) electrons. The van der Waals surface area contributed by atoms with Gasteiger partial charge in [-0.25, -0.2) is 14.4 Å². The van der Waals surface area contributed by atoms with Gasteiger partial charge >= 0.3 is 0 Å². The van der Waals surface area contributed by atoms with Crippen LogP contribution < -0.4 is 10.6 Å². The molecule has 4 aromatic rings. The van der Waals surface area contributed by atoms with Gasteiger partial charge in [-0.2, -0.15) is 0 Å². The molecule has 7 heteroatoms. The Balaban J connectivity index is 1.42. The smallest absolute Gasteiger partial charge is 0.221 e. The van der Waals surface area contributed by atoms with Crippen LogP contribution in [0.4, 0.5) is 15.9 Å². The van der Waals surface area contributed by atoms with E-state index in [9.17, 15) is 9.18 Å². The molecule has 0 spiro atoms. The Kier molecular flexibility index (Phi) is 5.99. The molecule has 4 rings (SSSR count). The number of hydrogen-bond donors (Lipinski definition) is 2. The van der Waals surface area contributed by atoms with Crippen molar-refractivity contribution in [3.63, 3.8) is 0 Å². The average Bonchev–Trinajstić information content (AvgIpc) is 3.17. The highest BCUT2D eigenvalue weighted by Crippen LogP contribution is 2.36. The Morgan fingerprint density at radius 3 is 2.57 bits per heavy atom. The number of fused-ring (bicyclic) bond motifs is 1. The van der Waals surface area contributed by atoms with Gasteiger partial charge in [0.25, 0.3) is 0 Å². The van der Waals surface area contributed by atoms with E-state index in [2.05, 4.69) is 20.6 Å². The van der Waals surface area contributed by atoms with E-state index in [4.69, 9.17) is 0 Å². The second kappa shape index (κ2) is 9.00. The molecule has 1 amide bonds. The molecule has 2 aromatic carbocycles. The summed E-state index contributed by atoms with van der Waals surface area (Å²) in [5, 5.41) is 9.20. The lowest BCUT2D eigenvalue weighted by Crippen LogP contribution is -2.06. The summed E-state index contributed by atoms with van der Waals surface area (Å²) in [6.07, 6.45) is 3.41. The number of benzene rings is 2. The van der Waals surface area contributed by atoms with E-state index in [0.29, 0.717) is 0 Å². The second-order valence-electron chi connectivity index (χ2n) is 6.97. The number of carbonyl (C=O) groups excluding carboxylic acids is 1. The number of anilines is 2. The minimum absolute atomic E-state index is 0.0726. The van der Waals surface area contributed by atoms with Crippen molar-refractivity contribution in [2.45, 2.75) is 19.8 Å². The minimum atomic E-state index is -0.252. The summed E-state index contributed by atoms with van der Waals surface area (Å²) in [7, 11) is 0. The Bertz CT molecular complexity index is 1160. The molecule has 0 aliphatic rings. The van der Waals surface area contributed by atoms with Gasteiger partial charge in [0, 0.05) is 30.1 Å². The fourth-order valence-corrected chi connectivity index (χ4v) is 4.22. The predicted octanol–water partition coefficient (Wildman–Crippen LogP) is 5.50. The van der Waals surface area contributed by atoms with Gasteiger partial charge in [-0.1, -0.05) is 24.3 Å². The molecule has 0 atom stereocenters. The number of aromatic nitrogens is 2. The quantitative estimate of drug-likeness (QED) is 0.388. The van der Waals surface area contributed by atoms with Crippen molar-refractivity contribution in [3.8, 4) is 11.1 Å². The Morgan fingerprint density at radius 1 is 1.07 bits per heavy atom. The second-order valence-corrected chi connectivity index (χ2v) is 7.83. The minimum Gasteiger partial charge on any atom is -0.369 e. The topological polar surface area (TPSA) is 66.9 Å². The van der Waals surface area contributed by atoms with Gasteiger partial charge in [-0.3, -0.25) is 4.79 Å². The van der Waals surface area contributed by atoms with E-state index < -0.39 is 0 Å². The number of carbonyl (C=O) groups is 1. The summed E-state index contributed by atoms with van der Waals surface area (Å²) in [5.41, 5.74) is 3.96. The molecule has 0 fully saturated rings. The van der Waals surface area contributed by atoms with Gasteiger partial charge in [0.2, 0.25) is 5.91 Å². The number of amides is 1. The van der Waals surface area contributed by atoms with Crippen molar-refractivity contribution < 1.29 is 9.18 Å². The first kappa shape index (κ1) is 20.0. The SMILES string of the molecule is CC(=O)Nc1ccc(CCCNc2ncnc3scc(-c4ccc(F)cc4)c23)cc1. The van der Waals surface area contributed by atoms with Crippen LogP contribution in [0.3, 0.4) is 0 Å². The highest BCUT2D eigenvalue weighted by molar-refractivity contribution is 7.17. The predicted molar refractivity (Wildman–Crippen MR) is 120 cm³/mol. The van der Waals surface area contributed by atoms with Gasteiger partial charge in [-0.15, -0.1) is 11.3 Å². The van der Waals surface area contributed by atoms with Crippen LogP contribution in [0.5, 0.6) is 0 Å². The maximum atomic E-state index is 13.3. The molecular weight excluding hydrogens is 399 g/mol. The normalized spacial score (nSPS) is 10.9. The third-order valence-electron chi connectivity index (χ3n) is 4.73. The summed E-state index contributed by atoms with van der Waals surface area (Å²) in [6.45, 7) is 2.26. The molecule has 2 aromatic heterocycles. The standard InChI is InChI=1S/C23H21FN4OS/c1-15(29)28-19-10-4-16(5-11-19)3-2-12-25-22-21-20(13-30-23(21)27-14-26-22)17-6-8-18(24)9-7-17/h4-11,13-14H,2-3,12H2,1H3,(H,28,29)(H,25,26,27). The lowest BCUT2D eigenvalue weighted by atomic mass is 10.1. The highest BCUT2D eigenvalue weighted by Gasteiger charge is 2.13. The lowest BCUT2D eigenvalue weighted by molar-refractivity contribution is -0.114. The molecule has 2 heterocycles. The zero-order chi connectivity index (χ0) is 20.9. The van der Waals surface area contributed by atoms with E-state index in [1.54, 1.807) is 29.8 Å². The first-order valence-electron chi connectivity index (χ1n) is 9.69. The van der Waals surface area contributed by atoms with Gasteiger partial charge < -0.3 is 10.6 Å². The van der Waals surface area contributed by atoms with Crippen LogP contribution in [0.1, 0.15) is 18.9 Å². The van der Waals surface area contributed by atoms with Gasteiger partial charge in [0.15, 0.2) is 0 Å². The number of thiophene rings is 1. The molecular formula is C23H21FN4OS. The molecule has 152 valence electrons. The molecule has 0 saturated heterocycles. The Hall–Kier alpha value is -3.32. The van der Waals surface area contributed by atoms with Crippen LogP contribution in [-0.4, -0.2) is 22.4 Å². The van der Waals surface area contributed by atoms with Crippen LogP contribution in [-0.2, 0) is 11.2 Å². The average molecular weight is 421 g/mol. The Labute approximate surface area is 178 Å². The van der Waals surface area contributed by atoms with Crippen LogP contribution in [0, 0.1) is 5.82 Å². The first-order chi connectivity index (χ1) is 14.6. The third kappa shape index (κ3) is 4.63. The van der Waals surface area contributed by atoms with E-state index >= 15 is 0 Å². The van der Waals surface area contributed by atoms with Crippen molar-refractivity contribution in [1.82, 2.24) is 9.97 Å². The first-order valence-corrected chi connectivity index (χ1v) is 10.6. The van der Waals surface area contributed by atoms with Crippen molar-refractivity contribution in [1.29, 1.82) is 0 Å².